The van der Waals surface area contributed by atoms with Gasteiger partial charge in [-0.3, -0.25) is 0 Å². The number of para-hydroxylation sites is 1. The maximum absolute atomic E-state index is 5.04. The van der Waals surface area contributed by atoms with E-state index in [1.807, 2.05) is 0 Å². The summed E-state index contributed by atoms with van der Waals surface area (Å²) in [6, 6.07) is 19.0. The minimum Gasteiger partial charge on any atom is -0.355 e. The van der Waals surface area contributed by atoms with Gasteiger partial charge in [-0.2, -0.15) is 0 Å². The van der Waals surface area contributed by atoms with Gasteiger partial charge >= 0.3 is 0 Å². The monoisotopic (exact) mass is 331 g/mol. The highest BCUT2D eigenvalue weighted by Gasteiger charge is 2.21. The number of nitrogens with zero attached hydrogens (tertiary/aromatic N) is 3. The van der Waals surface area contributed by atoms with E-state index in [0.29, 0.717) is 5.92 Å². The van der Waals surface area contributed by atoms with Crippen LogP contribution in [-0.2, 0) is 6.54 Å². The number of benzene rings is 2. The van der Waals surface area contributed by atoms with E-state index in [9.17, 15) is 0 Å². The molecule has 1 aliphatic carbocycles. The molecule has 0 aliphatic heterocycles. The number of rotatable bonds is 4. The third-order valence-electron chi connectivity index (χ3n) is 5.19. The molecular weight excluding hydrogens is 306 g/mol. The average Bonchev–Trinajstić information content (AvgIpc) is 2.68. The van der Waals surface area contributed by atoms with Crippen molar-refractivity contribution in [3.05, 3.63) is 66.0 Å². The maximum atomic E-state index is 5.04. The molecule has 0 N–H and O–H groups in total. The Morgan fingerprint density at radius 1 is 0.880 bits per heavy atom. The van der Waals surface area contributed by atoms with E-state index in [4.69, 9.17) is 9.97 Å². The van der Waals surface area contributed by atoms with Crippen molar-refractivity contribution in [3.8, 4) is 0 Å². The van der Waals surface area contributed by atoms with Crippen LogP contribution in [0, 0.1) is 0 Å². The molecule has 0 atom stereocenters. The van der Waals surface area contributed by atoms with E-state index in [2.05, 4.69) is 66.5 Å². The minimum absolute atomic E-state index is 0.516. The number of aromatic nitrogens is 2. The van der Waals surface area contributed by atoms with Crippen molar-refractivity contribution in [2.24, 2.45) is 0 Å². The van der Waals surface area contributed by atoms with Crippen LogP contribution in [0.25, 0.3) is 10.9 Å². The summed E-state index contributed by atoms with van der Waals surface area (Å²) in [4.78, 5) is 12.2. The highest BCUT2D eigenvalue weighted by Crippen LogP contribution is 2.33. The largest absolute Gasteiger partial charge is 0.355 e. The zero-order valence-corrected chi connectivity index (χ0v) is 14.9. The molecule has 128 valence electrons. The molecule has 25 heavy (non-hydrogen) atoms. The lowest BCUT2D eigenvalue weighted by Gasteiger charge is -2.24. The van der Waals surface area contributed by atoms with E-state index < -0.39 is 0 Å². The molecule has 0 saturated heterocycles. The first-order valence-electron chi connectivity index (χ1n) is 9.33. The van der Waals surface area contributed by atoms with Crippen LogP contribution in [0.5, 0.6) is 0 Å². The SMILES string of the molecule is CN(Cc1ccccc1)c1nc(C2CCCCC2)nc2ccccc12. The first kappa shape index (κ1) is 16.1. The molecule has 0 bridgehead atoms. The Hall–Kier alpha value is -2.42. The van der Waals surface area contributed by atoms with Gasteiger partial charge in [0.05, 0.1) is 5.52 Å². The molecule has 2 aromatic carbocycles. The van der Waals surface area contributed by atoms with Gasteiger partial charge in [0.2, 0.25) is 0 Å². The third-order valence-corrected chi connectivity index (χ3v) is 5.19. The molecule has 1 saturated carbocycles. The van der Waals surface area contributed by atoms with Crippen LogP contribution >= 0.6 is 0 Å². The van der Waals surface area contributed by atoms with Crippen LogP contribution < -0.4 is 4.90 Å². The predicted octanol–water partition coefficient (Wildman–Crippen LogP) is 5.31. The predicted molar refractivity (Wildman–Crippen MR) is 104 cm³/mol. The molecule has 1 fully saturated rings. The minimum atomic E-state index is 0.516. The van der Waals surface area contributed by atoms with Gasteiger partial charge in [-0.15, -0.1) is 0 Å². The summed E-state index contributed by atoms with van der Waals surface area (Å²) in [6.45, 7) is 0.853. The second-order valence-corrected chi connectivity index (χ2v) is 7.10. The quantitative estimate of drug-likeness (QED) is 0.648. The van der Waals surface area contributed by atoms with Crippen molar-refractivity contribution in [1.29, 1.82) is 0 Å². The second kappa shape index (κ2) is 7.22. The summed E-state index contributed by atoms with van der Waals surface area (Å²) >= 11 is 0. The Morgan fingerprint density at radius 2 is 1.60 bits per heavy atom. The van der Waals surface area contributed by atoms with Crippen LogP contribution in [0.15, 0.2) is 54.6 Å². The Labute approximate surface area is 149 Å². The Kier molecular flexibility index (Phi) is 4.64. The van der Waals surface area contributed by atoms with Gasteiger partial charge in [-0.05, 0) is 30.5 Å². The van der Waals surface area contributed by atoms with Gasteiger partial charge in [0.25, 0.3) is 0 Å². The highest BCUT2D eigenvalue weighted by molar-refractivity contribution is 5.89. The summed E-state index contributed by atoms with van der Waals surface area (Å²) in [5.41, 5.74) is 2.36. The van der Waals surface area contributed by atoms with Crippen molar-refractivity contribution in [1.82, 2.24) is 9.97 Å². The van der Waals surface area contributed by atoms with Crippen LogP contribution in [0.2, 0.25) is 0 Å². The van der Waals surface area contributed by atoms with Crippen molar-refractivity contribution >= 4 is 16.7 Å². The molecule has 3 aromatic rings. The van der Waals surface area contributed by atoms with E-state index >= 15 is 0 Å². The molecule has 0 unspecified atom stereocenters. The van der Waals surface area contributed by atoms with Crippen molar-refractivity contribution in [2.75, 3.05) is 11.9 Å². The van der Waals surface area contributed by atoms with E-state index in [1.54, 1.807) is 0 Å². The molecule has 0 amide bonds. The Morgan fingerprint density at radius 3 is 2.40 bits per heavy atom. The molecular formula is C22H25N3. The lowest BCUT2D eigenvalue weighted by Crippen LogP contribution is -2.20. The zero-order valence-electron chi connectivity index (χ0n) is 14.9. The van der Waals surface area contributed by atoms with Gasteiger partial charge in [-0.1, -0.05) is 61.7 Å². The van der Waals surface area contributed by atoms with E-state index in [0.717, 1.165) is 29.1 Å². The standard InChI is InChI=1S/C22H25N3/c1-25(16-17-10-4-2-5-11-17)22-19-14-8-9-15-20(19)23-21(24-22)18-12-6-3-7-13-18/h2,4-5,8-11,14-15,18H,3,6-7,12-13,16H2,1H3. The fourth-order valence-electron chi connectivity index (χ4n) is 3.84. The van der Waals surface area contributed by atoms with Gasteiger partial charge < -0.3 is 4.90 Å². The van der Waals surface area contributed by atoms with Gasteiger partial charge in [-0.25, -0.2) is 9.97 Å². The van der Waals surface area contributed by atoms with Crippen LogP contribution in [-0.4, -0.2) is 17.0 Å². The molecule has 1 aromatic heterocycles. The molecule has 0 radical (unpaired) electrons. The Balaban J connectivity index is 1.72. The molecule has 1 heterocycles. The first-order valence-corrected chi connectivity index (χ1v) is 9.33. The number of fused-ring (bicyclic) bond motifs is 1. The summed E-state index contributed by atoms with van der Waals surface area (Å²) in [6.07, 6.45) is 6.40. The first-order chi connectivity index (χ1) is 12.3. The topological polar surface area (TPSA) is 29.0 Å². The molecule has 4 rings (SSSR count). The molecule has 1 aliphatic rings. The second-order valence-electron chi connectivity index (χ2n) is 7.10. The van der Waals surface area contributed by atoms with Crippen molar-refractivity contribution in [2.45, 2.75) is 44.6 Å². The van der Waals surface area contributed by atoms with E-state index in [-0.39, 0.29) is 0 Å². The highest BCUT2D eigenvalue weighted by atomic mass is 15.2. The number of hydrogen-bond donors (Lipinski definition) is 0. The smallest absolute Gasteiger partial charge is 0.140 e. The van der Waals surface area contributed by atoms with Gasteiger partial charge in [0.1, 0.15) is 11.6 Å². The lowest BCUT2D eigenvalue weighted by molar-refractivity contribution is 0.429. The third kappa shape index (κ3) is 3.51. The summed E-state index contributed by atoms with van der Waals surface area (Å²) in [5.74, 6) is 2.60. The molecule has 3 heteroatoms. The summed E-state index contributed by atoms with van der Waals surface area (Å²) < 4.78 is 0. The van der Waals surface area contributed by atoms with Crippen molar-refractivity contribution in [3.63, 3.8) is 0 Å². The summed E-state index contributed by atoms with van der Waals surface area (Å²) in [5, 5.41) is 1.14. The van der Waals surface area contributed by atoms with Gasteiger partial charge in [0.15, 0.2) is 0 Å². The van der Waals surface area contributed by atoms with Gasteiger partial charge in [0, 0.05) is 24.9 Å². The van der Waals surface area contributed by atoms with Crippen molar-refractivity contribution < 1.29 is 0 Å². The molecule has 3 nitrogen and oxygen atoms in total. The fraction of sp³-hybridized carbons (Fsp3) is 0.364. The lowest BCUT2D eigenvalue weighted by atomic mass is 9.88. The zero-order chi connectivity index (χ0) is 17.1. The Bertz CT molecular complexity index is 838. The molecule has 0 spiro atoms. The van der Waals surface area contributed by atoms with Crippen LogP contribution in [0.4, 0.5) is 5.82 Å². The van der Waals surface area contributed by atoms with Crippen LogP contribution in [0.1, 0.15) is 49.4 Å². The average molecular weight is 331 g/mol. The summed E-state index contributed by atoms with van der Waals surface area (Å²) in [7, 11) is 2.13. The van der Waals surface area contributed by atoms with E-state index in [1.165, 1.54) is 37.7 Å². The number of anilines is 1. The normalized spacial score (nSPS) is 15.4. The maximum Gasteiger partial charge on any atom is 0.140 e. The number of hydrogen-bond acceptors (Lipinski definition) is 3. The van der Waals surface area contributed by atoms with Crippen LogP contribution in [0.3, 0.4) is 0 Å². The fourth-order valence-corrected chi connectivity index (χ4v) is 3.84.